The predicted octanol–water partition coefficient (Wildman–Crippen LogP) is 1.07. The van der Waals surface area contributed by atoms with Gasteiger partial charge in [0.05, 0.1) is 5.41 Å². The Balaban J connectivity index is 2.46. The lowest BCUT2D eigenvalue weighted by Gasteiger charge is -2.25. The molecule has 0 radical (unpaired) electrons. The minimum Gasteiger partial charge on any atom is -0.465 e. The molecule has 1 fully saturated rings. The molecule has 0 saturated heterocycles. The van der Waals surface area contributed by atoms with E-state index in [0.717, 1.165) is 6.54 Å². The van der Waals surface area contributed by atoms with Gasteiger partial charge >= 0.3 is 5.97 Å². The van der Waals surface area contributed by atoms with Crippen LogP contribution in [0.1, 0.15) is 13.3 Å². The highest BCUT2D eigenvalue weighted by molar-refractivity contribution is 5.66. The molecule has 1 atom stereocenters. The third kappa shape index (κ3) is 3.88. The second-order valence-electron chi connectivity index (χ2n) is 5.48. The van der Waals surface area contributed by atoms with Crippen molar-refractivity contribution in [3.05, 3.63) is 0 Å². The van der Waals surface area contributed by atoms with Crippen molar-refractivity contribution in [1.82, 2.24) is 9.80 Å². The van der Waals surface area contributed by atoms with Crippen molar-refractivity contribution in [2.24, 2.45) is 5.41 Å². The molecular formula is C12H22F2N2O2. The van der Waals surface area contributed by atoms with Crippen LogP contribution in [0.4, 0.5) is 8.78 Å². The molecule has 0 aliphatic heterocycles. The summed E-state index contributed by atoms with van der Waals surface area (Å²) in [4.78, 5) is 14.6. The molecule has 0 aromatic rings. The monoisotopic (exact) mass is 264 g/mol. The van der Waals surface area contributed by atoms with E-state index in [2.05, 4.69) is 0 Å². The zero-order valence-electron chi connectivity index (χ0n) is 11.5. The first-order chi connectivity index (χ1) is 8.18. The van der Waals surface area contributed by atoms with Gasteiger partial charge in [0.15, 0.2) is 0 Å². The molecule has 4 nitrogen and oxygen atoms in total. The maximum atomic E-state index is 13.4. The number of nitrogens with zero attached hydrogens (tertiary/aromatic N) is 2. The molecule has 18 heavy (non-hydrogen) atoms. The van der Waals surface area contributed by atoms with Crippen LogP contribution in [0.2, 0.25) is 0 Å². The van der Waals surface area contributed by atoms with Crippen LogP contribution in [0.3, 0.4) is 0 Å². The van der Waals surface area contributed by atoms with E-state index in [0.29, 0.717) is 6.54 Å². The minimum atomic E-state index is -2.71. The lowest BCUT2D eigenvalue weighted by atomic mass is 10.1. The van der Waals surface area contributed by atoms with Crippen molar-refractivity contribution < 1.29 is 18.3 Å². The Kier molecular flexibility index (Phi) is 4.66. The molecule has 0 aromatic carbocycles. The predicted molar refractivity (Wildman–Crippen MR) is 64.7 cm³/mol. The van der Waals surface area contributed by atoms with E-state index in [1.165, 1.54) is 6.92 Å². The number of esters is 1. The number of hydrogen-bond acceptors (Lipinski definition) is 4. The standard InChI is InChI=1S/C12H22F2N2O2/c1-10(17)18-9-11(7-12(11,13)14)8-16(4)6-5-15(2)3/h5-9H2,1-4H3/t11-/m1/s1. The lowest BCUT2D eigenvalue weighted by molar-refractivity contribution is -0.144. The second kappa shape index (κ2) is 5.48. The zero-order chi connectivity index (χ0) is 14.0. The number of likely N-dealkylation sites (N-methyl/N-ethyl adjacent to an activating group) is 2. The lowest BCUT2D eigenvalue weighted by Crippen LogP contribution is -2.37. The fourth-order valence-corrected chi connectivity index (χ4v) is 1.96. The Labute approximate surface area is 107 Å². The fourth-order valence-electron chi connectivity index (χ4n) is 1.96. The van der Waals surface area contributed by atoms with E-state index in [4.69, 9.17) is 4.74 Å². The minimum absolute atomic E-state index is 0.193. The highest BCUT2D eigenvalue weighted by Crippen LogP contribution is 2.60. The van der Waals surface area contributed by atoms with Crippen molar-refractivity contribution in [3.63, 3.8) is 0 Å². The Morgan fingerprint density at radius 1 is 1.28 bits per heavy atom. The third-order valence-electron chi connectivity index (χ3n) is 3.26. The Morgan fingerprint density at radius 2 is 1.83 bits per heavy atom. The maximum absolute atomic E-state index is 13.4. The van der Waals surface area contributed by atoms with Gasteiger partial charge in [0, 0.05) is 33.0 Å². The fraction of sp³-hybridized carbons (Fsp3) is 0.917. The van der Waals surface area contributed by atoms with Gasteiger partial charge in [-0.25, -0.2) is 8.78 Å². The number of alkyl halides is 2. The summed E-state index contributed by atoms with van der Waals surface area (Å²) >= 11 is 0. The molecule has 6 heteroatoms. The molecule has 106 valence electrons. The SMILES string of the molecule is CC(=O)OC[C@]1(CN(C)CCN(C)C)CC1(F)F. The van der Waals surface area contributed by atoms with E-state index in [1.807, 2.05) is 30.9 Å². The number of hydrogen-bond donors (Lipinski definition) is 0. The Hall–Kier alpha value is -0.750. The summed E-state index contributed by atoms with van der Waals surface area (Å²) in [6.45, 7) is 2.82. The summed E-state index contributed by atoms with van der Waals surface area (Å²) in [6.07, 6.45) is -0.195. The highest BCUT2D eigenvalue weighted by Gasteiger charge is 2.71. The van der Waals surface area contributed by atoms with Gasteiger partial charge in [-0.1, -0.05) is 0 Å². The average Bonchev–Trinajstić information content (AvgIpc) is 2.75. The van der Waals surface area contributed by atoms with E-state index >= 15 is 0 Å². The van der Waals surface area contributed by atoms with Crippen LogP contribution in [0.5, 0.6) is 0 Å². The van der Waals surface area contributed by atoms with Gasteiger partial charge in [-0.05, 0) is 21.1 Å². The molecule has 0 unspecified atom stereocenters. The van der Waals surface area contributed by atoms with Crippen molar-refractivity contribution in [3.8, 4) is 0 Å². The zero-order valence-corrected chi connectivity index (χ0v) is 11.5. The van der Waals surface area contributed by atoms with Gasteiger partial charge in [0.1, 0.15) is 6.61 Å². The quantitative estimate of drug-likeness (QED) is 0.644. The number of carbonyl (C=O) groups is 1. The molecule has 0 N–H and O–H groups in total. The number of rotatable bonds is 7. The molecule has 0 bridgehead atoms. The molecule has 1 saturated carbocycles. The summed E-state index contributed by atoms with van der Waals surface area (Å²) in [5, 5.41) is 0. The smallest absolute Gasteiger partial charge is 0.302 e. The molecular weight excluding hydrogens is 242 g/mol. The van der Waals surface area contributed by atoms with Gasteiger partial charge in [0.2, 0.25) is 0 Å². The number of carbonyl (C=O) groups excluding carboxylic acids is 1. The maximum Gasteiger partial charge on any atom is 0.302 e. The van der Waals surface area contributed by atoms with Crippen molar-refractivity contribution in [1.29, 1.82) is 0 Å². The van der Waals surface area contributed by atoms with E-state index in [1.54, 1.807) is 0 Å². The Bertz CT molecular complexity index is 310. The first-order valence-corrected chi connectivity index (χ1v) is 6.03. The molecule has 1 aliphatic carbocycles. The number of halogens is 2. The summed E-state index contributed by atoms with van der Waals surface area (Å²) in [7, 11) is 5.69. The van der Waals surface area contributed by atoms with Crippen molar-refractivity contribution >= 4 is 5.97 Å². The van der Waals surface area contributed by atoms with Gasteiger partial charge < -0.3 is 14.5 Å². The van der Waals surface area contributed by atoms with Crippen LogP contribution in [-0.4, -0.2) is 69.1 Å². The van der Waals surface area contributed by atoms with Gasteiger partial charge in [-0.15, -0.1) is 0 Å². The third-order valence-corrected chi connectivity index (χ3v) is 3.26. The van der Waals surface area contributed by atoms with Crippen molar-refractivity contribution in [2.45, 2.75) is 19.3 Å². The molecule has 1 rings (SSSR count). The van der Waals surface area contributed by atoms with E-state index in [-0.39, 0.29) is 19.6 Å². The van der Waals surface area contributed by atoms with E-state index in [9.17, 15) is 13.6 Å². The van der Waals surface area contributed by atoms with Crippen LogP contribution in [-0.2, 0) is 9.53 Å². The van der Waals surface area contributed by atoms with Crippen LogP contribution < -0.4 is 0 Å². The second-order valence-corrected chi connectivity index (χ2v) is 5.48. The first-order valence-electron chi connectivity index (χ1n) is 6.03. The molecule has 0 spiro atoms. The average molecular weight is 264 g/mol. The van der Waals surface area contributed by atoms with Crippen LogP contribution in [0, 0.1) is 5.41 Å². The van der Waals surface area contributed by atoms with E-state index < -0.39 is 17.3 Å². The van der Waals surface area contributed by atoms with Crippen LogP contribution >= 0.6 is 0 Å². The topological polar surface area (TPSA) is 32.8 Å². The van der Waals surface area contributed by atoms with Gasteiger partial charge in [-0.2, -0.15) is 0 Å². The Morgan fingerprint density at radius 3 is 2.22 bits per heavy atom. The summed E-state index contributed by atoms with van der Waals surface area (Å²) < 4.78 is 31.6. The normalized spacial score (nSPS) is 25.6. The van der Waals surface area contributed by atoms with Gasteiger partial charge in [0.25, 0.3) is 5.92 Å². The van der Waals surface area contributed by atoms with Crippen molar-refractivity contribution in [2.75, 3.05) is 47.4 Å². The molecule has 1 aliphatic rings. The molecule has 0 heterocycles. The molecule has 0 amide bonds. The highest BCUT2D eigenvalue weighted by atomic mass is 19.3. The summed E-state index contributed by atoms with van der Waals surface area (Å²) in [5.74, 6) is -3.22. The van der Waals surface area contributed by atoms with Crippen LogP contribution in [0.15, 0.2) is 0 Å². The first kappa shape index (κ1) is 15.3. The summed E-state index contributed by atoms with van der Waals surface area (Å²) in [6, 6.07) is 0. The summed E-state index contributed by atoms with van der Waals surface area (Å²) in [5.41, 5.74) is -1.18. The largest absolute Gasteiger partial charge is 0.465 e. The molecule has 0 aromatic heterocycles. The number of ether oxygens (including phenoxy) is 1. The van der Waals surface area contributed by atoms with Gasteiger partial charge in [-0.3, -0.25) is 4.79 Å². The van der Waals surface area contributed by atoms with Crippen LogP contribution in [0.25, 0.3) is 0 Å².